The van der Waals surface area contributed by atoms with Crippen LogP contribution in [0.5, 0.6) is 11.5 Å². The quantitative estimate of drug-likeness (QED) is 0.626. The highest BCUT2D eigenvalue weighted by molar-refractivity contribution is 9.10. The minimum absolute atomic E-state index is 0.207. The van der Waals surface area contributed by atoms with E-state index in [9.17, 15) is 18.4 Å². The lowest BCUT2D eigenvalue weighted by atomic mass is 10.1. The largest absolute Gasteiger partial charge is 0.493 e. The molecule has 29 heavy (non-hydrogen) atoms. The number of nitrogens with zero attached hydrogens (tertiary/aromatic N) is 1. The Kier molecular flexibility index (Phi) is 7.95. The van der Waals surface area contributed by atoms with Crippen molar-refractivity contribution in [2.45, 2.75) is 13.8 Å². The Balaban J connectivity index is 2.20. The van der Waals surface area contributed by atoms with Crippen LogP contribution in [0.4, 0.5) is 14.5 Å². The predicted octanol–water partition coefficient (Wildman–Crippen LogP) is 4.24. The molecular formula is C20H21BrF2N2O4. The topological polar surface area (TPSA) is 67.9 Å². The van der Waals surface area contributed by atoms with Crippen molar-refractivity contribution >= 4 is 33.4 Å². The predicted molar refractivity (Wildman–Crippen MR) is 108 cm³/mol. The monoisotopic (exact) mass is 470 g/mol. The first-order chi connectivity index (χ1) is 13.8. The maximum atomic E-state index is 13.7. The summed E-state index contributed by atoms with van der Waals surface area (Å²) in [5.41, 5.74) is -0.282. The van der Waals surface area contributed by atoms with Crippen LogP contribution in [0.15, 0.2) is 34.8 Å². The summed E-state index contributed by atoms with van der Waals surface area (Å²) >= 11 is 3.35. The summed E-state index contributed by atoms with van der Waals surface area (Å²) in [5, 5.41) is 2.17. The number of anilines is 1. The number of benzene rings is 2. The van der Waals surface area contributed by atoms with Gasteiger partial charge in [0.05, 0.1) is 18.2 Å². The van der Waals surface area contributed by atoms with Gasteiger partial charge in [-0.25, -0.2) is 8.78 Å². The van der Waals surface area contributed by atoms with Gasteiger partial charge in [-0.05, 0) is 54.0 Å². The number of hydrogen-bond donors (Lipinski definition) is 1. The van der Waals surface area contributed by atoms with E-state index in [-0.39, 0.29) is 18.7 Å². The molecule has 0 saturated heterocycles. The number of ether oxygens (including phenoxy) is 2. The lowest BCUT2D eigenvalue weighted by Crippen LogP contribution is -2.38. The number of rotatable bonds is 8. The molecule has 0 spiro atoms. The first-order valence-electron chi connectivity index (χ1n) is 8.85. The molecule has 0 atom stereocenters. The number of halogens is 3. The van der Waals surface area contributed by atoms with Gasteiger partial charge in [-0.1, -0.05) is 6.07 Å². The summed E-state index contributed by atoms with van der Waals surface area (Å²) in [6.07, 6.45) is 0. The molecular weight excluding hydrogens is 450 g/mol. The van der Waals surface area contributed by atoms with Crippen LogP contribution in [0.3, 0.4) is 0 Å². The molecule has 1 N–H and O–H groups in total. The summed E-state index contributed by atoms with van der Waals surface area (Å²) in [6.45, 7) is 3.75. The maximum absolute atomic E-state index is 13.7. The molecule has 156 valence electrons. The van der Waals surface area contributed by atoms with Crippen molar-refractivity contribution in [3.8, 4) is 11.5 Å². The van der Waals surface area contributed by atoms with Gasteiger partial charge in [-0.2, -0.15) is 0 Å². The van der Waals surface area contributed by atoms with Gasteiger partial charge in [0.2, 0.25) is 5.91 Å². The Morgan fingerprint density at radius 2 is 1.83 bits per heavy atom. The zero-order valence-electron chi connectivity index (χ0n) is 16.2. The summed E-state index contributed by atoms with van der Waals surface area (Å²) in [4.78, 5) is 26.4. The second kappa shape index (κ2) is 10.2. The fourth-order valence-electron chi connectivity index (χ4n) is 2.61. The molecule has 2 aromatic carbocycles. The highest BCUT2D eigenvalue weighted by Crippen LogP contribution is 2.37. The Hall–Kier alpha value is -2.68. The van der Waals surface area contributed by atoms with Crippen molar-refractivity contribution < 1.29 is 27.8 Å². The number of likely N-dealkylation sites (N-methyl/N-ethyl adjacent to an activating group) is 1. The van der Waals surface area contributed by atoms with Gasteiger partial charge in [-0.15, -0.1) is 0 Å². The van der Waals surface area contributed by atoms with Crippen LogP contribution in [0.25, 0.3) is 0 Å². The van der Waals surface area contributed by atoms with Gasteiger partial charge in [-0.3, -0.25) is 9.59 Å². The Morgan fingerprint density at radius 3 is 2.38 bits per heavy atom. The Bertz CT molecular complexity index is 888. The van der Waals surface area contributed by atoms with E-state index < -0.39 is 29.1 Å². The molecule has 0 fully saturated rings. The smallest absolute Gasteiger partial charge is 0.254 e. The normalized spacial score (nSPS) is 10.4. The molecule has 9 heteroatoms. The zero-order chi connectivity index (χ0) is 21.6. The van der Waals surface area contributed by atoms with E-state index in [1.807, 2.05) is 6.92 Å². The second-order valence-electron chi connectivity index (χ2n) is 5.89. The first-order valence-corrected chi connectivity index (χ1v) is 9.65. The van der Waals surface area contributed by atoms with E-state index in [0.717, 1.165) is 12.1 Å². The third-order valence-corrected chi connectivity index (χ3v) is 4.58. The van der Waals surface area contributed by atoms with E-state index >= 15 is 0 Å². The number of carbonyl (C=O) groups excluding carboxylic acids is 2. The molecule has 0 aliphatic rings. The number of hydrogen-bond acceptors (Lipinski definition) is 4. The molecule has 6 nitrogen and oxygen atoms in total. The number of amides is 2. The Morgan fingerprint density at radius 1 is 1.17 bits per heavy atom. The molecule has 2 rings (SSSR count). The van der Waals surface area contributed by atoms with Gasteiger partial charge in [0, 0.05) is 12.1 Å². The first kappa shape index (κ1) is 22.6. The van der Waals surface area contributed by atoms with E-state index in [1.165, 1.54) is 24.1 Å². The van der Waals surface area contributed by atoms with Crippen molar-refractivity contribution in [2.75, 3.05) is 32.1 Å². The molecule has 0 radical (unpaired) electrons. The van der Waals surface area contributed by atoms with E-state index in [2.05, 4.69) is 21.2 Å². The third kappa shape index (κ3) is 5.44. The van der Waals surface area contributed by atoms with Crippen molar-refractivity contribution in [1.82, 2.24) is 4.90 Å². The van der Waals surface area contributed by atoms with Crippen molar-refractivity contribution in [3.63, 3.8) is 0 Å². The average molecular weight is 471 g/mol. The summed E-state index contributed by atoms with van der Waals surface area (Å²) in [5.74, 6) is -2.14. The third-order valence-electron chi connectivity index (χ3n) is 4.00. The van der Waals surface area contributed by atoms with Gasteiger partial charge in [0.25, 0.3) is 5.91 Å². The molecule has 0 aromatic heterocycles. The molecule has 0 bridgehead atoms. The Labute approximate surface area is 175 Å². The van der Waals surface area contributed by atoms with Crippen LogP contribution < -0.4 is 14.8 Å². The van der Waals surface area contributed by atoms with Crippen molar-refractivity contribution in [1.29, 1.82) is 0 Å². The van der Waals surface area contributed by atoms with Gasteiger partial charge in [0.15, 0.2) is 11.5 Å². The lowest BCUT2D eigenvalue weighted by Gasteiger charge is -2.21. The SMILES string of the molecule is CCOc1c(Br)cc(C(=O)N(CC)CC(=O)Nc2c(F)cccc2F)cc1OC. The van der Waals surface area contributed by atoms with Crippen LogP contribution in [0.2, 0.25) is 0 Å². The fraction of sp³-hybridized carbons (Fsp3) is 0.300. The number of carbonyl (C=O) groups is 2. The minimum atomic E-state index is -0.895. The van der Waals surface area contributed by atoms with Gasteiger partial charge >= 0.3 is 0 Å². The van der Waals surface area contributed by atoms with Gasteiger partial charge < -0.3 is 19.7 Å². The molecule has 0 aliphatic heterocycles. The number of para-hydroxylation sites is 1. The van der Waals surface area contributed by atoms with Crippen molar-refractivity contribution in [2.24, 2.45) is 0 Å². The van der Waals surface area contributed by atoms with E-state index in [1.54, 1.807) is 13.0 Å². The lowest BCUT2D eigenvalue weighted by molar-refractivity contribution is -0.116. The highest BCUT2D eigenvalue weighted by Gasteiger charge is 2.22. The summed E-state index contributed by atoms with van der Waals surface area (Å²) in [6, 6.07) is 6.33. The van der Waals surface area contributed by atoms with Crippen LogP contribution in [-0.2, 0) is 4.79 Å². The van der Waals surface area contributed by atoms with Gasteiger partial charge in [0.1, 0.15) is 23.9 Å². The molecule has 0 unspecified atom stereocenters. The van der Waals surface area contributed by atoms with E-state index in [4.69, 9.17) is 9.47 Å². The molecule has 2 aromatic rings. The second-order valence-corrected chi connectivity index (χ2v) is 6.74. The van der Waals surface area contributed by atoms with Crippen molar-refractivity contribution in [3.05, 3.63) is 52.0 Å². The summed E-state index contributed by atoms with van der Waals surface area (Å²) < 4.78 is 38.7. The number of nitrogens with one attached hydrogen (secondary N) is 1. The molecule has 0 saturated carbocycles. The van der Waals surface area contributed by atoms with Crippen LogP contribution in [-0.4, -0.2) is 43.5 Å². The zero-order valence-corrected chi connectivity index (χ0v) is 17.8. The maximum Gasteiger partial charge on any atom is 0.254 e. The van der Waals surface area contributed by atoms with Crippen LogP contribution in [0, 0.1) is 11.6 Å². The molecule has 0 heterocycles. The standard InChI is InChI=1S/C20H21BrF2N2O4/c1-4-25(11-17(26)24-18-14(22)7-6-8-15(18)23)20(27)12-9-13(21)19(29-5-2)16(10-12)28-3/h6-10H,4-5,11H2,1-3H3,(H,24,26). The molecule has 0 aliphatic carbocycles. The number of methoxy groups -OCH3 is 1. The van der Waals surface area contributed by atoms with Crippen LogP contribution >= 0.6 is 15.9 Å². The van der Waals surface area contributed by atoms with Crippen LogP contribution in [0.1, 0.15) is 24.2 Å². The van der Waals surface area contributed by atoms with E-state index in [0.29, 0.717) is 22.6 Å². The summed E-state index contributed by atoms with van der Waals surface area (Å²) in [7, 11) is 1.45. The molecule has 2 amide bonds. The fourth-order valence-corrected chi connectivity index (χ4v) is 3.16. The minimum Gasteiger partial charge on any atom is -0.493 e. The average Bonchev–Trinajstić information content (AvgIpc) is 2.70. The highest BCUT2D eigenvalue weighted by atomic mass is 79.9.